The van der Waals surface area contributed by atoms with Gasteiger partial charge in [0.05, 0.1) is 6.61 Å². The Balaban J connectivity index is 1.55. The monoisotopic (exact) mass is 412 g/mol. The second kappa shape index (κ2) is 12.9. The largest absolute Gasteiger partial charge is 0.494 e. The summed E-state index contributed by atoms with van der Waals surface area (Å²) in [7, 11) is 0. The third-order valence-corrected chi connectivity index (χ3v) is 5.70. The maximum absolute atomic E-state index is 5.82. The Morgan fingerprint density at radius 3 is 2.06 bits per heavy atom. The first-order valence-electron chi connectivity index (χ1n) is 12.1. The van der Waals surface area contributed by atoms with Gasteiger partial charge in [-0.15, -0.1) is 0 Å². The van der Waals surface area contributed by atoms with Crippen molar-refractivity contribution in [3.63, 3.8) is 0 Å². The minimum atomic E-state index is 0.781. The van der Waals surface area contributed by atoms with Gasteiger partial charge in [0.2, 0.25) is 0 Å². The van der Waals surface area contributed by atoms with E-state index in [0.717, 1.165) is 36.3 Å². The van der Waals surface area contributed by atoms with E-state index in [0.29, 0.717) is 0 Å². The number of hydrogen-bond donors (Lipinski definition) is 0. The lowest BCUT2D eigenvalue weighted by molar-refractivity contribution is 0.310. The van der Waals surface area contributed by atoms with Gasteiger partial charge in [0.25, 0.3) is 0 Å². The third-order valence-electron chi connectivity index (χ3n) is 5.70. The average molecular weight is 413 g/mol. The molecule has 0 fully saturated rings. The highest BCUT2D eigenvalue weighted by Gasteiger charge is 1.99. The number of aryl methyl sites for hydroxylation is 1. The lowest BCUT2D eigenvalue weighted by Gasteiger charge is -2.06. The van der Waals surface area contributed by atoms with Crippen LogP contribution in [-0.2, 0) is 6.42 Å². The van der Waals surface area contributed by atoms with Crippen molar-refractivity contribution in [3.05, 3.63) is 77.4 Å². The highest BCUT2D eigenvalue weighted by atomic mass is 16.5. The molecule has 3 aromatic rings. The molecule has 1 heteroatoms. The molecule has 0 aromatic heterocycles. The standard InChI is InChI=1S/C30H36O/c1-3-5-7-8-9-10-11-25-12-14-26(15-13-25)16-17-27-18-19-29-24-30(31-22-6-4-2)21-20-28(29)23-27/h12-15,18-21,23-24H,3-11,22H2,1-2H3. The van der Waals surface area contributed by atoms with Gasteiger partial charge in [-0.25, -0.2) is 0 Å². The molecule has 31 heavy (non-hydrogen) atoms. The van der Waals surface area contributed by atoms with Gasteiger partial charge in [-0.2, -0.15) is 0 Å². The molecule has 0 radical (unpaired) electrons. The summed E-state index contributed by atoms with van der Waals surface area (Å²) >= 11 is 0. The van der Waals surface area contributed by atoms with E-state index in [1.807, 2.05) is 0 Å². The molecule has 0 saturated carbocycles. The van der Waals surface area contributed by atoms with Crippen LogP contribution in [0.15, 0.2) is 60.7 Å². The second-order valence-corrected chi connectivity index (χ2v) is 8.39. The fourth-order valence-corrected chi connectivity index (χ4v) is 3.73. The minimum absolute atomic E-state index is 0.781. The second-order valence-electron chi connectivity index (χ2n) is 8.39. The van der Waals surface area contributed by atoms with Crippen molar-refractivity contribution < 1.29 is 4.74 Å². The smallest absolute Gasteiger partial charge is 0.119 e. The van der Waals surface area contributed by atoms with Crippen LogP contribution in [0.25, 0.3) is 10.8 Å². The van der Waals surface area contributed by atoms with Gasteiger partial charge >= 0.3 is 0 Å². The summed E-state index contributed by atoms with van der Waals surface area (Å²) in [5.41, 5.74) is 3.54. The molecule has 0 N–H and O–H groups in total. The summed E-state index contributed by atoms with van der Waals surface area (Å²) in [6.07, 6.45) is 11.5. The molecule has 162 valence electrons. The van der Waals surface area contributed by atoms with E-state index >= 15 is 0 Å². The molecule has 0 unspecified atom stereocenters. The van der Waals surface area contributed by atoms with Crippen LogP contribution < -0.4 is 4.74 Å². The van der Waals surface area contributed by atoms with Crippen LogP contribution in [0.2, 0.25) is 0 Å². The predicted octanol–water partition coefficient (Wildman–Crippen LogP) is 8.32. The first-order valence-corrected chi connectivity index (χ1v) is 12.1. The molecule has 0 atom stereocenters. The highest BCUT2D eigenvalue weighted by Crippen LogP contribution is 2.22. The van der Waals surface area contributed by atoms with Crippen molar-refractivity contribution in [2.24, 2.45) is 0 Å². The van der Waals surface area contributed by atoms with Crippen LogP contribution in [0.3, 0.4) is 0 Å². The Morgan fingerprint density at radius 2 is 1.26 bits per heavy atom. The molecule has 0 aliphatic carbocycles. The normalized spacial score (nSPS) is 10.6. The van der Waals surface area contributed by atoms with Crippen LogP contribution in [0.4, 0.5) is 0 Å². The summed E-state index contributed by atoms with van der Waals surface area (Å²) in [6.45, 7) is 5.23. The zero-order valence-electron chi connectivity index (χ0n) is 19.3. The van der Waals surface area contributed by atoms with Gasteiger partial charge in [-0.3, -0.25) is 0 Å². The molecule has 3 aromatic carbocycles. The molecule has 0 bridgehead atoms. The predicted molar refractivity (Wildman–Crippen MR) is 134 cm³/mol. The SMILES string of the molecule is CCCCCCCCc1ccc(C#Cc2ccc3cc(OCCCC)ccc3c2)cc1. The molecule has 3 rings (SSSR count). The molecule has 0 heterocycles. The van der Waals surface area contributed by atoms with Crippen molar-refractivity contribution >= 4 is 10.8 Å². The average Bonchev–Trinajstić information content (AvgIpc) is 2.81. The molecule has 1 nitrogen and oxygen atoms in total. The van der Waals surface area contributed by atoms with E-state index in [9.17, 15) is 0 Å². The molecule has 0 spiro atoms. The van der Waals surface area contributed by atoms with Gasteiger partial charge in [0, 0.05) is 11.1 Å². The fraction of sp³-hybridized carbons (Fsp3) is 0.400. The molecule has 0 saturated heterocycles. The van der Waals surface area contributed by atoms with Crippen LogP contribution in [0, 0.1) is 11.8 Å². The summed E-state index contributed by atoms with van der Waals surface area (Å²) in [5.74, 6) is 7.58. The molecule has 0 aliphatic rings. The third kappa shape index (κ3) is 7.80. The fourth-order valence-electron chi connectivity index (χ4n) is 3.73. The Kier molecular flexibility index (Phi) is 9.52. The number of benzene rings is 3. The Bertz CT molecular complexity index is 988. The van der Waals surface area contributed by atoms with E-state index in [2.05, 4.69) is 86.4 Å². The number of ether oxygens (including phenoxy) is 1. The van der Waals surface area contributed by atoms with E-state index in [1.54, 1.807) is 0 Å². The summed E-state index contributed by atoms with van der Waals surface area (Å²) < 4.78 is 5.82. The summed E-state index contributed by atoms with van der Waals surface area (Å²) in [4.78, 5) is 0. The maximum atomic E-state index is 5.82. The van der Waals surface area contributed by atoms with Crippen molar-refractivity contribution in [1.82, 2.24) is 0 Å². The summed E-state index contributed by atoms with van der Waals surface area (Å²) in [6, 6.07) is 21.5. The van der Waals surface area contributed by atoms with Gasteiger partial charge in [-0.1, -0.05) is 88.5 Å². The van der Waals surface area contributed by atoms with Gasteiger partial charge in [-0.05, 0) is 72.0 Å². The topological polar surface area (TPSA) is 9.23 Å². The van der Waals surface area contributed by atoms with Crippen LogP contribution >= 0.6 is 0 Å². The van der Waals surface area contributed by atoms with Crippen molar-refractivity contribution in [2.75, 3.05) is 6.61 Å². The van der Waals surface area contributed by atoms with Crippen molar-refractivity contribution in [2.45, 2.75) is 71.6 Å². The van der Waals surface area contributed by atoms with Crippen LogP contribution in [0.1, 0.15) is 81.9 Å². The van der Waals surface area contributed by atoms with E-state index in [4.69, 9.17) is 4.74 Å². The first kappa shape index (κ1) is 23.0. The Morgan fingerprint density at radius 1 is 0.613 bits per heavy atom. The van der Waals surface area contributed by atoms with E-state index < -0.39 is 0 Å². The quantitative estimate of drug-likeness (QED) is 0.227. The first-order chi connectivity index (χ1) is 15.3. The highest BCUT2D eigenvalue weighted by molar-refractivity contribution is 5.85. The van der Waals surface area contributed by atoms with Gasteiger partial charge in [0.1, 0.15) is 5.75 Å². The van der Waals surface area contributed by atoms with Crippen molar-refractivity contribution in [3.8, 4) is 17.6 Å². The van der Waals surface area contributed by atoms with E-state index in [-0.39, 0.29) is 0 Å². The van der Waals surface area contributed by atoms with Crippen LogP contribution in [0.5, 0.6) is 5.75 Å². The molecule has 0 amide bonds. The Labute approximate surface area is 188 Å². The minimum Gasteiger partial charge on any atom is -0.494 e. The molecule has 0 aliphatic heterocycles. The van der Waals surface area contributed by atoms with Gasteiger partial charge < -0.3 is 4.74 Å². The maximum Gasteiger partial charge on any atom is 0.119 e. The van der Waals surface area contributed by atoms with Crippen LogP contribution in [-0.4, -0.2) is 6.61 Å². The number of hydrogen-bond acceptors (Lipinski definition) is 1. The zero-order valence-corrected chi connectivity index (χ0v) is 19.3. The zero-order chi connectivity index (χ0) is 21.7. The summed E-state index contributed by atoms with van der Waals surface area (Å²) in [5, 5.41) is 2.39. The molecular formula is C30H36O. The Hall–Kier alpha value is -2.72. The number of rotatable bonds is 11. The van der Waals surface area contributed by atoms with Gasteiger partial charge in [0.15, 0.2) is 0 Å². The number of fused-ring (bicyclic) bond motifs is 1. The molecular weight excluding hydrogens is 376 g/mol. The number of unbranched alkanes of at least 4 members (excludes halogenated alkanes) is 6. The lowest BCUT2D eigenvalue weighted by atomic mass is 10.0. The van der Waals surface area contributed by atoms with Crippen molar-refractivity contribution in [1.29, 1.82) is 0 Å². The lowest BCUT2D eigenvalue weighted by Crippen LogP contribution is -1.96. The van der Waals surface area contributed by atoms with E-state index in [1.165, 1.54) is 61.3 Å².